The molecule has 0 unspecified atom stereocenters. The van der Waals surface area contributed by atoms with E-state index < -0.39 is 0 Å². The minimum Gasteiger partial charge on any atom is -0.496 e. The highest BCUT2D eigenvalue weighted by atomic mass is 35.5. The van der Waals surface area contributed by atoms with Gasteiger partial charge in [0.15, 0.2) is 0 Å². The Balaban J connectivity index is 3.09. The molecule has 0 fully saturated rings. The Hall–Kier alpha value is -0.970. The summed E-state index contributed by atoms with van der Waals surface area (Å²) < 4.78 is 5.00. The molecule has 0 aliphatic rings. The molecular formula is C8H10ClNO3. The van der Waals surface area contributed by atoms with Crippen LogP contribution < -0.4 is 10.5 Å². The number of hydrogen-bond acceptors (Lipinski definition) is 4. The zero-order valence-corrected chi connectivity index (χ0v) is 7.84. The fourth-order valence-corrected chi connectivity index (χ4v) is 1.17. The summed E-state index contributed by atoms with van der Waals surface area (Å²) in [6.07, 6.45) is 0. The molecule has 0 saturated carbocycles. The Morgan fingerprint density at radius 2 is 2.23 bits per heavy atom. The quantitative estimate of drug-likeness (QED) is 0.448. The third-order valence-corrected chi connectivity index (χ3v) is 1.95. The standard InChI is InChI=1S/C8H10ClNO3/c1-12-8-3-7(10)6(9)2-5(8)4-13-11/h2-3,11H,4,10H2,1H3. The summed E-state index contributed by atoms with van der Waals surface area (Å²) in [5.74, 6) is 0.538. The van der Waals surface area contributed by atoms with Crippen LogP contribution in [0.5, 0.6) is 5.75 Å². The highest BCUT2D eigenvalue weighted by molar-refractivity contribution is 6.33. The number of anilines is 1. The van der Waals surface area contributed by atoms with Crippen molar-refractivity contribution in [2.24, 2.45) is 0 Å². The van der Waals surface area contributed by atoms with Crippen LogP contribution in [-0.4, -0.2) is 12.4 Å². The van der Waals surface area contributed by atoms with Gasteiger partial charge in [-0.15, -0.1) is 0 Å². The van der Waals surface area contributed by atoms with Gasteiger partial charge in [0.1, 0.15) is 12.4 Å². The van der Waals surface area contributed by atoms with E-state index in [2.05, 4.69) is 4.89 Å². The SMILES string of the molecule is COc1cc(N)c(Cl)cc1COO. The zero-order valence-electron chi connectivity index (χ0n) is 7.08. The molecule has 4 nitrogen and oxygen atoms in total. The van der Waals surface area contributed by atoms with Crippen LogP contribution >= 0.6 is 11.6 Å². The Bertz CT molecular complexity index is 304. The summed E-state index contributed by atoms with van der Waals surface area (Å²) in [5, 5.41) is 8.68. The summed E-state index contributed by atoms with van der Waals surface area (Å²) in [4.78, 5) is 3.99. The molecule has 72 valence electrons. The third kappa shape index (κ3) is 2.24. The van der Waals surface area contributed by atoms with Crippen molar-refractivity contribution in [2.75, 3.05) is 12.8 Å². The second-order valence-electron chi connectivity index (χ2n) is 2.46. The fourth-order valence-electron chi connectivity index (χ4n) is 0.983. The zero-order chi connectivity index (χ0) is 9.84. The Kier molecular flexibility index (Phi) is 3.36. The first kappa shape index (κ1) is 10.1. The highest BCUT2D eigenvalue weighted by Crippen LogP contribution is 2.28. The number of ether oxygens (including phenoxy) is 1. The van der Waals surface area contributed by atoms with Crippen LogP contribution in [0.25, 0.3) is 0 Å². The van der Waals surface area contributed by atoms with Gasteiger partial charge in [-0.2, -0.15) is 0 Å². The highest BCUT2D eigenvalue weighted by Gasteiger charge is 2.07. The van der Waals surface area contributed by atoms with E-state index >= 15 is 0 Å². The van der Waals surface area contributed by atoms with Gasteiger partial charge in [-0.25, -0.2) is 4.89 Å². The van der Waals surface area contributed by atoms with Gasteiger partial charge in [0, 0.05) is 11.6 Å². The lowest BCUT2D eigenvalue weighted by Gasteiger charge is -2.08. The molecule has 1 rings (SSSR count). The number of benzene rings is 1. The largest absolute Gasteiger partial charge is 0.496 e. The summed E-state index contributed by atoms with van der Waals surface area (Å²) in [6.45, 7) is 0.0170. The lowest BCUT2D eigenvalue weighted by Crippen LogP contribution is -1.96. The van der Waals surface area contributed by atoms with Gasteiger partial charge in [0.2, 0.25) is 0 Å². The minimum atomic E-state index is 0.0170. The van der Waals surface area contributed by atoms with Crippen molar-refractivity contribution >= 4 is 17.3 Å². The number of halogens is 1. The van der Waals surface area contributed by atoms with Crippen molar-refractivity contribution in [1.29, 1.82) is 0 Å². The normalized spacial score (nSPS) is 10.1. The summed E-state index contributed by atoms with van der Waals surface area (Å²) in [6, 6.07) is 3.17. The second-order valence-corrected chi connectivity index (χ2v) is 2.87. The predicted octanol–water partition coefficient (Wildman–Crippen LogP) is 1.92. The monoisotopic (exact) mass is 203 g/mol. The Morgan fingerprint density at radius 1 is 1.54 bits per heavy atom. The molecule has 0 amide bonds. The van der Waals surface area contributed by atoms with Crippen LogP contribution in [0.1, 0.15) is 5.56 Å². The van der Waals surface area contributed by atoms with E-state index in [4.69, 9.17) is 27.3 Å². The minimum absolute atomic E-state index is 0.0170. The topological polar surface area (TPSA) is 64.7 Å². The molecular weight excluding hydrogens is 194 g/mol. The van der Waals surface area contributed by atoms with Gasteiger partial charge >= 0.3 is 0 Å². The van der Waals surface area contributed by atoms with Crippen molar-refractivity contribution in [3.05, 3.63) is 22.7 Å². The molecule has 0 aromatic heterocycles. The summed E-state index contributed by atoms with van der Waals surface area (Å²) >= 11 is 5.76. The van der Waals surface area contributed by atoms with E-state index in [1.807, 2.05) is 0 Å². The van der Waals surface area contributed by atoms with Crippen molar-refractivity contribution in [3.63, 3.8) is 0 Å². The van der Waals surface area contributed by atoms with Gasteiger partial charge in [-0.1, -0.05) is 11.6 Å². The molecule has 0 radical (unpaired) electrons. The summed E-state index contributed by atoms with van der Waals surface area (Å²) in [5.41, 5.74) is 6.62. The van der Waals surface area contributed by atoms with Crippen LogP contribution in [-0.2, 0) is 11.5 Å². The second kappa shape index (κ2) is 4.32. The first-order valence-corrected chi connectivity index (χ1v) is 3.95. The maximum absolute atomic E-state index is 8.27. The van der Waals surface area contributed by atoms with Gasteiger partial charge in [-0.3, -0.25) is 5.26 Å². The molecule has 1 aromatic rings. The van der Waals surface area contributed by atoms with Crippen LogP contribution in [0.2, 0.25) is 5.02 Å². The van der Waals surface area contributed by atoms with E-state index in [1.54, 1.807) is 12.1 Å². The molecule has 3 N–H and O–H groups in total. The van der Waals surface area contributed by atoms with E-state index in [-0.39, 0.29) is 6.61 Å². The van der Waals surface area contributed by atoms with Crippen molar-refractivity contribution in [1.82, 2.24) is 0 Å². The van der Waals surface area contributed by atoms with Crippen LogP contribution in [0.15, 0.2) is 12.1 Å². The number of hydrogen-bond donors (Lipinski definition) is 2. The van der Waals surface area contributed by atoms with Crippen LogP contribution in [0.3, 0.4) is 0 Å². The first-order valence-electron chi connectivity index (χ1n) is 3.57. The molecule has 0 heterocycles. The Labute approximate surface area is 80.8 Å². The Morgan fingerprint density at radius 3 is 2.77 bits per heavy atom. The van der Waals surface area contributed by atoms with Crippen molar-refractivity contribution < 1.29 is 14.9 Å². The molecule has 0 saturated heterocycles. The number of nitrogen functional groups attached to an aromatic ring is 1. The third-order valence-electron chi connectivity index (χ3n) is 1.62. The average Bonchev–Trinajstić information content (AvgIpc) is 2.11. The van der Waals surface area contributed by atoms with E-state index in [9.17, 15) is 0 Å². The number of methoxy groups -OCH3 is 1. The lowest BCUT2D eigenvalue weighted by atomic mass is 10.2. The van der Waals surface area contributed by atoms with Gasteiger partial charge in [0.05, 0.1) is 17.8 Å². The molecule has 0 atom stereocenters. The molecule has 0 aliphatic carbocycles. The van der Waals surface area contributed by atoms with Crippen LogP contribution in [0.4, 0.5) is 5.69 Å². The van der Waals surface area contributed by atoms with Gasteiger partial charge in [-0.05, 0) is 6.07 Å². The molecule has 0 aliphatic heterocycles. The maximum atomic E-state index is 8.27. The maximum Gasteiger partial charge on any atom is 0.126 e. The van der Waals surface area contributed by atoms with Gasteiger partial charge in [0.25, 0.3) is 0 Å². The van der Waals surface area contributed by atoms with E-state index in [0.717, 1.165) is 0 Å². The van der Waals surface area contributed by atoms with Gasteiger partial charge < -0.3 is 10.5 Å². The first-order chi connectivity index (χ1) is 6.19. The summed E-state index contributed by atoms with van der Waals surface area (Å²) in [7, 11) is 1.50. The number of nitrogens with two attached hydrogens (primary N) is 1. The predicted molar refractivity (Wildman–Crippen MR) is 49.8 cm³/mol. The average molecular weight is 204 g/mol. The molecule has 1 aromatic carbocycles. The van der Waals surface area contributed by atoms with Crippen LogP contribution in [0, 0.1) is 0 Å². The molecule has 5 heteroatoms. The van der Waals surface area contributed by atoms with E-state index in [0.29, 0.717) is 22.0 Å². The van der Waals surface area contributed by atoms with E-state index in [1.165, 1.54) is 7.11 Å². The molecule has 0 spiro atoms. The van der Waals surface area contributed by atoms with Crippen molar-refractivity contribution in [2.45, 2.75) is 6.61 Å². The molecule has 13 heavy (non-hydrogen) atoms. The smallest absolute Gasteiger partial charge is 0.126 e. The van der Waals surface area contributed by atoms with Crippen molar-refractivity contribution in [3.8, 4) is 5.75 Å². The number of rotatable bonds is 3. The lowest BCUT2D eigenvalue weighted by molar-refractivity contribution is -0.253. The molecule has 0 bridgehead atoms. The fraction of sp³-hybridized carbons (Fsp3) is 0.250.